The van der Waals surface area contributed by atoms with E-state index in [0.717, 1.165) is 6.54 Å². The van der Waals surface area contributed by atoms with Gasteiger partial charge in [-0.3, -0.25) is 5.43 Å². The molecule has 0 spiro atoms. The second-order valence-electron chi connectivity index (χ2n) is 5.47. The lowest BCUT2D eigenvalue weighted by atomic mass is 10.00. The Morgan fingerprint density at radius 2 is 1.94 bits per heavy atom. The zero-order valence-corrected chi connectivity index (χ0v) is 13.1. The number of hydrazine groups is 1. The molecule has 0 saturated carbocycles. The Morgan fingerprint density at radius 3 is 2.56 bits per heavy atom. The van der Waals surface area contributed by atoms with E-state index in [0.29, 0.717) is 12.1 Å². The van der Waals surface area contributed by atoms with Gasteiger partial charge in [0.25, 0.3) is 0 Å². The Labute approximate surface area is 119 Å². The van der Waals surface area contributed by atoms with E-state index in [1.165, 1.54) is 34.9 Å². The highest BCUT2D eigenvalue weighted by Gasteiger charge is 2.24. The molecule has 0 bridgehead atoms. The molecule has 1 N–H and O–H groups in total. The smallest absolute Gasteiger partial charge is 0.0364 e. The van der Waals surface area contributed by atoms with Crippen LogP contribution < -0.4 is 5.43 Å². The van der Waals surface area contributed by atoms with Gasteiger partial charge in [-0.2, -0.15) is 0 Å². The lowest BCUT2D eigenvalue weighted by Gasteiger charge is -2.39. The highest BCUT2D eigenvalue weighted by atomic mass is 79.9. The first kappa shape index (κ1) is 14.0. The van der Waals surface area contributed by atoms with Gasteiger partial charge in [0.05, 0.1) is 0 Å². The van der Waals surface area contributed by atoms with Crippen molar-refractivity contribution in [1.82, 2.24) is 10.4 Å². The zero-order chi connectivity index (χ0) is 13.1. The van der Waals surface area contributed by atoms with Crippen LogP contribution in [0.5, 0.6) is 0 Å². The first-order valence-electron chi connectivity index (χ1n) is 6.85. The lowest BCUT2D eigenvalue weighted by molar-refractivity contribution is 0.0435. The number of nitrogens with one attached hydrogen (secondary N) is 1. The molecule has 0 amide bonds. The van der Waals surface area contributed by atoms with Gasteiger partial charge < -0.3 is 0 Å². The molecule has 1 saturated heterocycles. The number of piperidine rings is 1. The summed E-state index contributed by atoms with van der Waals surface area (Å²) in [5.41, 5.74) is 6.22. The van der Waals surface area contributed by atoms with Crippen molar-refractivity contribution in [2.24, 2.45) is 0 Å². The van der Waals surface area contributed by atoms with E-state index in [1.54, 1.807) is 0 Å². The van der Waals surface area contributed by atoms with Crippen molar-refractivity contribution in [2.45, 2.75) is 58.7 Å². The number of hydrogen-bond acceptors (Lipinski definition) is 2. The van der Waals surface area contributed by atoms with Crippen LogP contribution >= 0.6 is 15.9 Å². The predicted octanol–water partition coefficient (Wildman–Crippen LogP) is 4.03. The normalized spacial score (nSPS) is 25.3. The van der Waals surface area contributed by atoms with Crippen molar-refractivity contribution in [3.8, 4) is 0 Å². The highest BCUT2D eigenvalue weighted by molar-refractivity contribution is 9.10. The van der Waals surface area contributed by atoms with Crippen LogP contribution in [0.4, 0.5) is 0 Å². The van der Waals surface area contributed by atoms with Gasteiger partial charge in [0.15, 0.2) is 0 Å². The third-order valence-corrected chi connectivity index (χ3v) is 4.59. The highest BCUT2D eigenvalue weighted by Crippen LogP contribution is 2.22. The maximum atomic E-state index is 3.64. The molecule has 1 aromatic rings. The molecular weight excluding hydrogens is 288 g/mol. The third kappa shape index (κ3) is 3.34. The van der Waals surface area contributed by atoms with Gasteiger partial charge in [-0.05, 0) is 50.8 Å². The molecule has 2 rings (SSSR count). The Kier molecular flexibility index (Phi) is 4.82. The van der Waals surface area contributed by atoms with E-state index < -0.39 is 0 Å². The predicted molar refractivity (Wildman–Crippen MR) is 80.3 cm³/mol. The molecule has 1 fully saturated rings. The molecule has 3 heteroatoms. The van der Waals surface area contributed by atoms with Crippen molar-refractivity contribution in [2.75, 3.05) is 0 Å². The van der Waals surface area contributed by atoms with E-state index in [-0.39, 0.29) is 0 Å². The minimum atomic E-state index is 0.637. The minimum absolute atomic E-state index is 0.637. The summed E-state index contributed by atoms with van der Waals surface area (Å²) in [5, 5.41) is 2.43. The summed E-state index contributed by atoms with van der Waals surface area (Å²) < 4.78 is 1.20. The fraction of sp³-hybridized carbons (Fsp3) is 0.600. The van der Waals surface area contributed by atoms with Crippen LogP contribution in [0, 0.1) is 6.92 Å². The van der Waals surface area contributed by atoms with Crippen LogP contribution in [0.15, 0.2) is 22.7 Å². The molecule has 2 unspecified atom stereocenters. The average molecular weight is 311 g/mol. The maximum absolute atomic E-state index is 3.64. The summed E-state index contributed by atoms with van der Waals surface area (Å²) in [6.07, 6.45) is 3.95. The van der Waals surface area contributed by atoms with Crippen LogP contribution in [-0.4, -0.2) is 17.1 Å². The second-order valence-corrected chi connectivity index (χ2v) is 6.32. The second kappa shape index (κ2) is 6.18. The summed E-state index contributed by atoms with van der Waals surface area (Å²) in [6, 6.07) is 7.83. The van der Waals surface area contributed by atoms with Crippen molar-refractivity contribution in [1.29, 1.82) is 0 Å². The summed E-state index contributed by atoms with van der Waals surface area (Å²) >= 11 is 3.64. The Balaban J connectivity index is 1.97. The molecule has 0 aromatic heterocycles. The van der Waals surface area contributed by atoms with Gasteiger partial charge >= 0.3 is 0 Å². The average Bonchev–Trinajstić information content (AvgIpc) is 2.31. The standard InChI is InChI=1S/C15H23BrN2/c1-11-7-8-14(15(16)9-11)10-17-18-12(2)5-4-6-13(18)3/h7-9,12-13,17H,4-6,10H2,1-3H3. The fourth-order valence-electron chi connectivity index (χ4n) is 2.71. The van der Waals surface area contributed by atoms with Gasteiger partial charge in [-0.1, -0.05) is 34.5 Å². The first-order valence-corrected chi connectivity index (χ1v) is 7.64. The summed E-state index contributed by atoms with van der Waals surface area (Å²) in [4.78, 5) is 0. The van der Waals surface area contributed by atoms with Crippen molar-refractivity contribution in [3.63, 3.8) is 0 Å². The Morgan fingerprint density at radius 1 is 1.28 bits per heavy atom. The molecule has 18 heavy (non-hydrogen) atoms. The molecule has 0 aliphatic carbocycles. The minimum Gasteiger partial charge on any atom is -0.250 e. The van der Waals surface area contributed by atoms with E-state index >= 15 is 0 Å². The van der Waals surface area contributed by atoms with Crippen molar-refractivity contribution >= 4 is 15.9 Å². The van der Waals surface area contributed by atoms with Crippen LogP contribution in [0.3, 0.4) is 0 Å². The SMILES string of the molecule is Cc1ccc(CNN2C(C)CCCC2C)c(Br)c1. The summed E-state index contributed by atoms with van der Waals surface area (Å²) in [5.74, 6) is 0. The van der Waals surface area contributed by atoms with E-state index in [1.807, 2.05) is 0 Å². The number of halogens is 1. The van der Waals surface area contributed by atoms with Gasteiger partial charge in [-0.25, -0.2) is 5.01 Å². The third-order valence-electron chi connectivity index (χ3n) is 3.85. The molecule has 1 aliphatic heterocycles. The molecule has 2 nitrogen and oxygen atoms in total. The zero-order valence-electron chi connectivity index (χ0n) is 11.5. The summed E-state index contributed by atoms with van der Waals surface area (Å²) in [7, 11) is 0. The summed E-state index contributed by atoms with van der Waals surface area (Å²) in [6.45, 7) is 7.64. The molecule has 1 aliphatic rings. The number of nitrogens with zero attached hydrogens (tertiary/aromatic N) is 1. The Bertz CT molecular complexity index is 395. The van der Waals surface area contributed by atoms with Gasteiger partial charge in [-0.15, -0.1) is 0 Å². The quantitative estimate of drug-likeness (QED) is 0.907. The topological polar surface area (TPSA) is 15.3 Å². The van der Waals surface area contributed by atoms with Crippen LogP contribution in [0.25, 0.3) is 0 Å². The van der Waals surface area contributed by atoms with E-state index in [2.05, 4.69) is 65.3 Å². The number of rotatable bonds is 3. The van der Waals surface area contributed by atoms with E-state index in [4.69, 9.17) is 0 Å². The van der Waals surface area contributed by atoms with Crippen LogP contribution in [-0.2, 0) is 6.54 Å². The lowest BCUT2D eigenvalue weighted by Crippen LogP contribution is -2.51. The van der Waals surface area contributed by atoms with Crippen LogP contribution in [0.2, 0.25) is 0 Å². The van der Waals surface area contributed by atoms with Crippen molar-refractivity contribution < 1.29 is 0 Å². The molecule has 1 aromatic carbocycles. The largest absolute Gasteiger partial charge is 0.250 e. The van der Waals surface area contributed by atoms with Crippen LogP contribution in [0.1, 0.15) is 44.2 Å². The van der Waals surface area contributed by atoms with Gasteiger partial charge in [0.1, 0.15) is 0 Å². The fourth-order valence-corrected chi connectivity index (χ4v) is 3.34. The molecule has 2 atom stereocenters. The van der Waals surface area contributed by atoms with E-state index in [9.17, 15) is 0 Å². The first-order chi connectivity index (χ1) is 8.58. The number of benzene rings is 1. The number of aryl methyl sites for hydroxylation is 1. The van der Waals surface area contributed by atoms with Gasteiger partial charge in [0, 0.05) is 23.1 Å². The monoisotopic (exact) mass is 310 g/mol. The number of hydrogen-bond donors (Lipinski definition) is 1. The van der Waals surface area contributed by atoms with Crippen molar-refractivity contribution in [3.05, 3.63) is 33.8 Å². The molecule has 1 heterocycles. The molecular formula is C15H23BrN2. The molecule has 0 radical (unpaired) electrons. The Hall–Kier alpha value is -0.380. The molecule has 100 valence electrons. The maximum Gasteiger partial charge on any atom is 0.0364 e. The van der Waals surface area contributed by atoms with Gasteiger partial charge in [0.2, 0.25) is 0 Å².